The predicted octanol–water partition coefficient (Wildman–Crippen LogP) is 6.61. The van der Waals surface area contributed by atoms with E-state index in [-0.39, 0.29) is 36.4 Å². The number of fused-ring (bicyclic) bond motifs is 3. The van der Waals surface area contributed by atoms with Crippen molar-refractivity contribution in [3.05, 3.63) is 76.5 Å². The number of hydrogen-bond acceptors (Lipinski definition) is 2. The largest absolute Gasteiger partial charge is 0.478 e. The summed E-state index contributed by atoms with van der Waals surface area (Å²) in [6, 6.07) is 8.76. The molecule has 4 aliphatic rings. The normalized spacial score (nSPS) is 29.2. The first-order valence-electron chi connectivity index (χ1n) is 12.2. The van der Waals surface area contributed by atoms with Crippen molar-refractivity contribution >= 4 is 22.9 Å². The minimum absolute atomic E-state index is 0.0445. The van der Waals surface area contributed by atoms with Gasteiger partial charge in [-0.15, -0.1) is 0 Å². The molecular weight excluding hydrogens is 491 g/mol. The molecule has 4 nitrogen and oxygen atoms in total. The average Bonchev–Trinajstić information content (AvgIpc) is 3.11. The number of carboxylic acids is 1. The number of para-hydroxylation sites is 1. The molecule has 1 aliphatic heterocycles. The van der Waals surface area contributed by atoms with Crippen molar-refractivity contribution in [1.29, 1.82) is 0 Å². The molecule has 2 aromatic carbocycles. The monoisotopic (exact) mass is 516 g/mol. The Bertz CT molecular complexity index is 1410. The molecule has 3 fully saturated rings. The third-order valence-electron chi connectivity index (χ3n) is 8.57. The van der Waals surface area contributed by atoms with Crippen LogP contribution in [0.1, 0.15) is 54.6 Å². The standard InChI is InChI=1S/C28H25F5N2O2/c1-15-8-18-17-4-2-3-5-21(17)34-24(18)25(23-19(29)9-16(10-20(23)30)6-7-22(36)37)35(15)14-26-11-27(12-26,13-26)28(31,32)33/h2-7,9-10,15,25,34H,8,11-14H2,1H3,(H,36,37)/b7-6+. The fraction of sp³-hybridized carbons (Fsp3) is 0.393. The summed E-state index contributed by atoms with van der Waals surface area (Å²) in [5.74, 6) is -2.90. The van der Waals surface area contributed by atoms with Gasteiger partial charge in [-0.25, -0.2) is 13.6 Å². The predicted molar refractivity (Wildman–Crippen MR) is 128 cm³/mol. The minimum Gasteiger partial charge on any atom is -0.478 e. The molecular formula is C28H25F5N2O2. The van der Waals surface area contributed by atoms with Crippen LogP contribution in [0.25, 0.3) is 17.0 Å². The van der Waals surface area contributed by atoms with Gasteiger partial charge in [-0.1, -0.05) is 18.2 Å². The highest BCUT2D eigenvalue weighted by atomic mass is 19.4. The second-order valence-corrected chi connectivity index (χ2v) is 11.1. The van der Waals surface area contributed by atoms with Crippen LogP contribution in [0, 0.1) is 22.5 Å². The molecule has 194 valence electrons. The van der Waals surface area contributed by atoms with Crippen LogP contribution in [0.15, 0.2) is 42.5 Å². The fourth-order valence-electron chi connectivity index (χ4n) is 7.05. The highest BCUT2D eigenvalue weighted by molar-refractivity contribution is 5.86. The zero-order chi connectivity index (χ0) is 26.3. The van der Waals surface area contributed by atoms with E-state index in [9.17, 15) is 18.0 Å². The molecule has 0 spiro atoms. The van der Waals surface area contributed by atoms with Crippen molar-refractivity contribution in [1.82, 2.24) is 9.88 Å². The van der Waals surface area contributed by atoms with Crippen LogP contribution in [0.5, 0.6) is 0 Å². The Hall–Kier alpha value is -3.20. The van der Waals surface area contributed by atoms with Gasteiger partial charge < -0.3 is 10.1 Å². The van der Waals surface area contributed by atoms with Crippen molar-refractivity contribution in [3.8, 4) is 0 Å². The number of carboxylic acid groups (broad SMARTS) is 1. The van der Waals surface area contributed by atoms with Gasteiger partial charge in [-0.05, 0) is 73.4 Å². The first kappa shape index (κ1) is 24.2. The van der Waals surface area contributed by atoms with Crippen LogP contribution in [-0.2, 0) is 11.2 Å². The summed E-state index contributed by atoms with van der Waals surface area (Å²) in [5, 5.41) is 9.82. The molecule has 2 heterocycles. The van der Waals surface area contributed by atoms with E-state index in [1.807, 2.05) is 36.1 Å². The fourth-order valence-corrected chi connectivity index (χ4v) is 7.05. The molecule has 3 aromatic rings. The number of hydrogen-bond donors (Lipinski definition) is 2. The maximum atomic E-state index is 15.6. The quantitative estimate of drug-likeness (QED) is 0.296. The Kier molecular flexibility index (Phi) is 5.16. The maximum absolute atomic E-state index is 15.6. The second kappa shape index (κ2) is 7.90. The smallest absolute Gasteiger partial charge is 0.394 e. The van der Waals surface area contributed by atoms with Gasteiger partial charge >= 0.3 is 12.1 Å². The molecule has 0 amide bonds. The van der Waals surface area contributed by atoms with E-state index in [0.717, 1.165) is 40.8 Å². The van der Waals surface area contributed by atoms with Crippen LogP contribution in [0.4, 0.5) is 22.0 Å². The molecule has 0 radical (unpaired) electrons. The lowest BCUT2D eigenvalue weighted by molar-refractivity contribution is -0.366. The molecule has 2 atom stereocenters. The van der Waals surface area contributed by atoms with Crippen molar-refractivity contribution < 1.29 is 31.9 Å². The van der Waals surface area contributed by atoms with Gasteiger partial charge in [0.25, 0.3) is 0 Å². The van der Waals surface area contributed by atoms with Gasteiger partial charge in [0.1, 0.15) is 11.6 Å². The molecule has 0 saturated heterocycles. The number of aromatic amines is 1. The number of alkyl halides is 3. The van der Waals surface area contributed by atoms with Gasteiger partial charge in [0.2, 0.25) is 0 Å². The van der Waals surface area contributed by atoms with Crippen LogP contribution >= 0.6 is 0 Å². The highest BCUT2D eigenvalue weighted by Gasteiger charge is 2.78. The van der Waals surface area contributed by atoms with Crippen LogP contribution < -0.4 is 0 Å². The maximum Gasteiger partial charge on any atom is 0.394 e. The summed E-state index contributed by atoms with van der Waals surface area (Å²) in [6.07, 6.45) is -1.58. The van der Waals surface area contributed by atoms with Crippen LogP contribution in [0.3, 0.4) is 0 Å². The Balaban J connectivity index is 1.44. The number of H-pyrrole nitrogens is 1. The SMILES string of the molecule is CC1Cc2c([nH]c3ccccc23)C(c2c(F)cc(/C=C/C(=O)O)cc2F)N1CC12CC(C(F)(F)F)(C1)C2. The van der Waals surface area contributed by atoms with Gasteiger partial charge in [0, 0.05) is 40.8 Å². The number of nitrogens with zero attached hydrogens (tertiary/aromatic N) is 1. The summed E-state index contributed by atoms with van der Waals surface area (Å²) in [4.78, 5) is 16.2. The summed E-state index contributed by atoms with van der Waals surface area (Å²) in [5.41, 5.74) is 0.176. The highest BCUT2D eigenvalue weighted by Crippen LogP contribution is 2.78. The average molecular weight is 517 g/mol. The molecule has 37 heavy (non-hydrogen) atoms. The second-order valence-electron chi connectivity index (χ2n) is 11.1. The lowest BCUT2D eigenvalue weighted by atomic mass is 9.34. The van der Waals surface area contributed by atoms with E-state index in [2.05, 4.69) is 4.98 Å². The molecule has 3 saturated carbocycles. The number of benzene rings is 2. The van der Waals surface area contributed by atoms with Crippen molar-refractivity contribution in [3.63, 3.8) is 0 Å². The Morgan fingerprint density at radius 1 is 1.16 bits per heavy atom. The van der Waals surface area contributed by atoms with E-state index in [0.29, 0.717) is 18.7 Å². The van der Waals surface area contributed by atoms with E-state index in [1.54, 1.807) is 0 Å². The van der Waals surface area contributed by atoms with Crippen molar-refractivity contribution in [2.45, 2.75) is 50.9 Å². The zero-order valence-corrected chi connectivity index (χ0v) is 20.0. The molecule has 2 unspecified atom stereocenters. The van der Waals surface area contributed by atoms with E-state index in [4.69, 9.17) is 5.11 Å². The minimum atomic E-state index is -4.23. The van der Waals surface area contributed by atoms with E-state index >= 15 is 8.78 Å². The Labute approximate surface area is 209 Å². The number of halogens is 5. The third kappa shape index (κ3) is 3.61. The third-order valence-corrected chi connectivity index (χ3v) is 8.57. The van der Waals surface area contributed by atoms with Gasteiger partial charge in [0.15, 0.2) is 0 Å². The van der Waals surface area contributed by atoms with E-state index < -0.39 is 40.7 Å². The molecule has 2 bridgehead atoms. The topological polar surface area (TPSA) is 56.3 Å². The summed E-state index contributed by atoms with van der Waals surface area (Å²) in [7, 11) is 0. The molecule has 1 aromatic heterocycles. The summed E-state index contributed by atoms with van der Waals surface area (Å²) >= 11 is 0. The molecule has 7 rings (SSSR count). The van der Waals surface area contributed by atoms with Crippen LogP contribution in [0.2, 0.25) is 0 Å². The van der Waals surface area contributed by atoms with Crippen molar-refractivity contribution in [2.75, 3.05) is 6.54 Å². The van der Waals surface area contributed by atoms with Gasteiger partial charge in [-0.2, -0.15) is 13.2 Å². The molecule has 9 heteroatoms. The zero-order valence-electron chi connectivity index (χ0n) is 20.0. The van der Waals surface area contributed by atoms with E-state index in [1.165, 1.54) is 0 Å². The number of nitrogens with one attached hydrogen (secondary N) is 1. The Morgan fingerprint density at radius 3 is 2.43 bits per heavy atom. The summed E-state index contributed by atoms with van der Waals surface area (Å²) < 4.78 is 71.7. The number of rotatable bonds is 5. The van der Waals surface area contributed by atoms with Gasteiger partial charge in [-0.3, -0.25) is 4.90 Å². The number of aromatic nitrogens is 1. The molecule has 3 aliphatic carbocycles. The number of carbonyl (C=O) groups is 1. The lowest BCUT2D eigenvalue weighted by Gasteiger charge is -2.72. The first-order chi connectivity index (χ1) is 17.4. The lowest BCUT2D eigenvalue weighted by Crippen LogP contribution is -2.71. The molecule has 2 N–H and O–H groups in total. The van der Waals surface area contributed by atoms with Gasteiger partial charge in [0.05, 0.1) is 11.5 Å². The summed E-state index contributed by atoms with van der Waals surface area (Å²) in [6.45, 7) is 2.26. The Morgan fingerprint density at radius 2 is 1.81 bits per heavy atom. The first-order valence-corrected chi connectivity index (χ1v) is 12.2. The van der Waals surface area contributed by atoms with Crippen LogP contribution in [-0.4, -0.2) is 39.7 Å². The number of aliphatic carboxylic acids is 1. The van der Waals surface area contributed by atoms with Crippen molar-refractivity contribution in [2.24, 2.45) is 10.8 Å².